The van der Waals surface area contributed by atoms with Crippen molar-refractivity contribution in [2.45, 2.75) is 46.3 Å². The van der Waals surface area contributed by atoms with Gasteiger partial charge in [-0.2, -0.15) is 0 Å². The molecule has 8 heteroatoms. The Kier molecular flexibility index (Phi) is 5.71. The van der Waals surface area contributed by atoms with Gasteiger partial charge in [-0.3, -0.25) is 14.4 Å². The maximum Gasteiger partial charge on any atom is 0.326 e. The van der Waals surface area contributed by atoms with E-state index in [9.17, 15) is 14.4 Å². The van der Waals surface area contributed by atoms with E-state index >= 15 is 0 Å². The first-order valence-electron chi connectivity index (χ1n) is 7.99. The molecule has 0 saturated carbocycles. The fourth-order valence-corrected chi connectivity index (χ4v) is 2.83. The maximum absolute atomic E-state index is 12.2. The van der Waals surface area contributed by atoms with Gasteiger partial charge in [0, 0.05) is 17.1 Å². The van der Waals surface area contributed by atoms with Crippen LogP contribution < -0.4 is 0 Å². The van der Waals surface area contributed by atoms with E-state index in [4.69, 9.17) is 21.1 Å². The van der Waals surface area contributed by atoms with Gasteiger partial charge in [0.05, 0.1) is 24.7 Å². The average molecular weight is 381 g/mol. The van der Waals surface area contributed by atoms with E-state index < -0.39 is 17.5 Å². The van der Waals surface area contributed by atoms with Crippen molar-refractivity contribution in [3.63, 3.8) is 0 Å². The third-order valence-corrected chi connectivity index (χ3v) is 3.73. The maximum atomic E-state index is 12.2. The molecule has 0 aromatic carbocycles. The molecule has 2 aromatic rings. The number of rotatable bonds is 5. The molecule has 7 nitrogen and oxygen atoms in total. The lowest BCUT2D eigenvalue weighted by Gasteiger charge is -2.20. The van der Waals surface area contributed by atoms with Gasteiger partial charge in [0.1, 0.15) is 17.3 Å². The summed E-state index contributed by atoms with van der Waals surface area (Å²) >= 11 is 6.05. The first-order chi connectivity index (χ1) is 12.0. The fraction of sp³-hybridized carbons (Fsp3) is 0.444. The predicted molar refractivity (Wildman–Crippen MR) is 96.3 cm³/mol. The predicted octanol–water partition coefficient (Wildman–Crippen LogP) is 2.95. The van der Waals surface area contributed by atoms with Crippen LogP contribution in [0.5, 0.6) is 0 Å². The van der Waals surface area contributed by atoms with Crippen molar-refractivity contribution in [2.24, 2.45) is 0 Å². The van der Waals surface area contributed by atoms with Crippen LogP contribution in [0.25, 0.3) is 10.9 Å². The number of carbonyl (C=O) groups is 3. The minimum Gasteiger partial charge on any atom is -0.469 e. The van der Waals surface area contributed by atoms with Gasteiger partial charge in [-0.05, 0) is 33.8 Å². The second-order valence-electron chi connectivity index (χ2n) is 6.85. The fourth-order valence-electron chi connectivity index (χ4n) is 2.62. The summed E-state index contributed by atoms with van der Waals surface area (Å²) in [5, 5.41) is 0.675. The molecule has 0 radical (unpaired) electrons. The van der Waals surface area contributed by atoms with Crippen LogP contribution >= 0.6 is 11.6 Å². The van der Waals surface area contributed by atoms with E-state index in [1.807, 2.05) is 0 Å². The van der Waals surface area contributed by atoms with Crippen LogP contribution in [0.4, 0.5) is 0 Å². The highest BCUT2D eigenvalue weighted by Crippen LogP contribution is 2.28. The number of nitrogens with zero attached hydrogens (tertiary/aromatic N) is 2. The number of ketones is 1. The van der Waals surface area contributed by atoms with E-state index in [1.165, 1.54) is 14.0 Å². The second-order valence-corrected chi connectivity index (χ2v) is 7.24. The topological polar surface area (TPSA) is 87.5 Å². The SMILES string of the molecule is COC(=O)Cc1nc(Cl)cc2c(C(C)=O)cn(CC(=O)OC(C)(C)C)c12. The van der Waals surface area contributed by atoms with E-state index in [0.29, 0.717) is 22.2 Å². The highest BCUT2D eigenvalue weighted by Gasteiger charge is 2.22. The Morgan fingerprint density at radius 3 is 2.42 bits per heavy atom. The second kappa shape index (κ2) is 7.45. The van der Waals surface area contributed by atoms with E-state index in [2.05, 4.69) is 4.98 Å². The summed E-state index contributed by atoms with van der Waals surface area (Å²) in [5.74, 6) is -1.16. The molecule has 0 fully saturated rings. The van der Waals surface area contributed by atoms with Gasteiger partial charge in [-0.15, -0.1) is 0 Å². The number of Topliss-reactive ketones (excluding diaryl/α,β-unsaturated/α-hetero) is 1. The summed E-state index contributed by atoms with van der Waals surface area (Å²) in [4.78, 5) is 40.2. The summed E-state index contributed by atoms with van der Waals surface area (Å²) < 4.78 is 11.6. The molecule has 0 N–H and O–H groups in total. The summed E-state index contributed by atoms with van der Waals surface area (Å²) in [6, 6.07) is 1.54. The van der Waals surface area contributed by atoms with Crippen molar-refractivity contribution in [3.8, 4) is 0 Å². The van der Waals surface area contributed by atoms with Gasteiger partial charge in [-0.25, -0.2) is 4.98 Å². The lowest BCUT2D eigenvalue weighted by atomic mass is 10.1. The van der Waals surface area contributed by atoms with E-state index in [0.717, 1.165) is 0 Å². The van der Waals surface area contributed by atoms with Crippen molar-refractivity contribution in [1.29, 1.82) is 0 Å². The quantitative estimate of drug-likeness (QED) is 0.450. The van der Waals surface area contributed by atoms with Gasteiger partial charge in [0.25, 0.3) is 0 Å². The summed E-state index contributed by atoms with van der Waals surface area (Å²) in [7, 11) is 1.27. The van der Waals surface area contributed by atoms with Gasteiger partial charge in [-0.1, -0.05) is 11.6 Å². The van der Waals surface area contributed by atoms with Gasteiger partial charge < -0.3 is 14.0 Å². The molecule has 26 heavy (non-hydrogen) atoms. The minimum absolute atomic E-state index is 0.126. The molecule has 0 saturated heterocycles. The first-order valence-corrected chi connectivity index (χ1v) is 8.37. The van der Waals surface area contributed by atoms with Gasteiger partial charge in [0.15, 0.2) is 5.78 Å². The zero-order valence-corrected chi connectivity index (χ0v) is 16.1. The van der Waals surface area contributed by atoms with Crippen molar-refractivity contribution in [2.75, 3.05) is 7.11 Å². The number of carbonyl (C=O) groups excluding carboxylic acids is 3. The molecular formula is C18H21ClN2O5. The van der Waals surface area contributed by atoms with Gasteiger partial charge >= 0.3 is 11.9 Å². The summed E-state index contributed by atoms with van der Waals surface area (Å²) in [6.07, 6.45) is 1.42. The van der Waals surface area contributed by atoms with Crippen LogP contribution in [0.2, 0.25) is 5.15 Å². The molecule has 0 aliphatic heterocycles. The van der Waals surface area contributed by atoms with Crippen LogP contribution in [0.3, 0.4) is 0 Å². The van der Waals surface area contributed by atoms with Crippen molar-refractivity contribution >= 4 is 40.2 Å². The molecule has 2 rings (SSSR count). The van der Waals surface area contributed by atoms with Crippen molar-refractivity contribution < 1.29 is 23.9 Å². The van der Waals surface area contributed by atoms with Crippen LogP contribution in [-0.4, -0.2) is 40.0 Å². The average Bonchev–Trinajstić information content (AvgIpc) is 2.83. The Morgan fingerprint density at radius 2 is 1.88 bits per heavy atom. The Morgan fingerprint density at radius 1 is 1.23 bits per heavy atom. The molecule has 2 aromatic heterocycles. The van der Waals surface area contributed by atoms with Crippen molar-refractivity contribution in [3.05, 3.63) is 28.7 Å². The number of fused-ring (bicyclic) bond motifs is 1. The van der Waals surface area contributed by atoms with Crippen LogP contribution in [0.15, 0.2) is 12.3 Å². The number of ether oxygens (including phenoxy) is 2. The number of pyridine rings is 1. The smallest absolute Gasteiger partial charge is 0.326 e. The molecule has 0 aliphatic rings. The zero-order chi connectivity index (χ0) is 19.6. The number of hydrogen-bond donors (Lipinski definition) is 0. The Hall–Kier alpha value is -2.41. The lowest BCUT2D eigenvalue weighted by molar-refractivity contribution is -0.155. The van der Waals surface area contributed by atoms with Crippen LogP contribution in [0, 0.1) is 0 Å². The lowest BCUT2D eigenvalue weighted by Crippen LogP contribution is -2.26. The highest BCUT2D eigenvalue weighted by molar-refractivity contribution is 6.30. The highest BCUT2D eigenvalue weighted by atomic mass is 35.5. The molecule has 0 spiro atoms. The molecule has 0 unspecified atom stereocenters. The number of esters is 2. The Bertz CT molecular complexity index is 880. The third kappa shape index (κ3) is 4.60. The number of aromatic nitrogens is 2. The number of methoxy groups -OCH3 is 1. The molecule has 0 amide bonds. The summed E-state index contributed by atoms with van der Waals surface area (Å²) in [6.45, 7) is 6.59. The Balaban J connectivity index is 2.59. The molecule has 140 valence electrons. The van der Waals surface area contributed by atoms with Gasteiger partial charge in [0.2, 0.25) is 0 Å². The molecule has 0 bridgehead atoms. The standard InChI is InChI=1S/C18H21ClN2O5/c1-10(22)12-8-21(9-16(24)26-18(2,3)4)17-11(12)6-14(19)20-13(17)7-15(23)25-5/h6,8H,7,9H2,1-5H3. The van der Waals surface area contributed by atoms with Crippen LogP contribution in [-0.2, 0) is 32.0 Å². The number of halogens is 1. The molecule has 0 aliphatic carbocycles. The van der Waals surface area contributed by atoms with E-state index in [1.54, 1.807) is 37.6 Å². The normalized spacial score (nSPS) is 11.5. The molecular weight excluding hydrogens is 360 g/mol. The third-order valence-electron chi connectivity index (χ3n) is 3.53. The van der Waals surface area contributed by atoms with E-state index in [-0.39, 0.29) is 23.9 Å². The first kappa shape index (κ1) is 19.9. The number of hydrogen-bond acceptors (Lipinski definition) is 6. The molecule has 2 heterocycles. The minimum atomic E-state index is -0.639. The largest absolute Gasteiger partial charge is 0.469 e. The molecule has 0 atom stereocenters. The monoisotopic (exact) mass is 380 g/mol. The van der Waals surface area contributed by atoms with Crippen molar-refractivity contribution in [1.82, 2.24) is 9.55 Å². The van der Waals surface area contributed by atoms with Crippen LogP contribution in [0.1, 0.15) is 43.7 Å². The zero-order valence-electron chi connectivity index (χ0n) is 15.4. The summed E-state index contributed by atoms with van der Waals surface area (Å²) in [5.41, 5.74) is 0.560. The Labute approximate surface area is 156 Å².